The molecular weight excluding hydrogens is 252 g/mol. The highest BCUT2D eigenvalue weighted by molar-refractivity contribution is 7.89. The van der Waals surface area contributed by atoms with Gasteiger partial charge in [0.2, 0.25) is 15.9 Å². The van der Waals surface area contributed by atoms with Gasteiger partial charge in [-0.05, 0) is 30.7 Å². The average Bonchev–Trinajstić information content (AvgIpc) is 2.31. The van der Waals surface area contributed by atoms with Crippen molar-refractivity contribution in [1.82, 2.24) is 4.31 Å². The number of hydrogen-bond acceptors (Lipinski definition) is 3. The third kappa shape index (κ3) is 2.96. The second-order valence-electron chi connectivity index (χ2n) is 3.96. The Morgan fingerprint density at radius 3 is 2.50 bits per heavy atom. The first kappa shape index (κ1) is 14.4. The predicted octanol–water partition coefficient (Wildman–Crippen LogP) is 1.37. The number of hydrogen-bond donors (Lipinski definition) is 1. The molecule has 1 N–H and O–H groups in total. The molecule has 98 valence electrons. The number of rotatable bonds is 4. The standard InChI is InChI=1S/C12H16N2O3S/c1-5-12(15)13-10-7-6-9(2)11(8-10)18(16,17)14(3)4/h5-8H,1H2,2-4H3,(H,13,15). The van der Waals surface area contributed by atoms with E-state index in [-0.39, 0.29) is 10.8 Å². The number of sulfonamides is 1. The fraction of sp³-hybridized carbons (Fsp3) is 0.250. The molecule has 1 amide bonds. The van der Waals surface area contributed by atoms with Crippen LogP contribution in [0.15, 0.2) is 35.7 Å². The number of carbonyl (C=O) groups excluding carboxylic acids is 1. The number of aryl methyl sites for hydroxylation is 1. The van der Waals surface area contributed by atoms with Crippen molar-refractivity contribution in [1.29, 1.82) is 0 Å². The first-order chi connectivity index (χ1) is 8.28. The van der Waals surface area contributed by atoms with Gasteiger partial charge >= 0.3 is 0 Å². The van der Waals surface area contributed by atoms with E-state index in [1.54, 1.807) is 19.1 Å². The SMILES string of the molecule is C=CC(=O)Nc1ccc(C)c(S(=O)(=O)N(C)C)c1. The second-order valence-corrected chi connectivity index (χ2v) is 6.08. The van der Waals surface area contributed by atoms with Crippen LogP contribution in [0.2, 0.25) is 0 Å². The molecule has 0 aliphatic rings. The lowest BCUT2D eigenvalue weighted by atomic mass is 10.2. The van der Waals surface area contributed by atoms with Crippen molar-refractivity contribution in [2.75, 3.05) is 19.4 Å². The van der Waals surface area contributed by atoms with Gasteiger partial charge in [0.1, 0.15) is 0 Å². The topological polar surface area (TPSA) is 66.5 Å². The maximum atomic E-state index is 12.1. The molecule has 0 radical (unpaired) electrons. The Hall–Kier alpha value is -1.66. The molecule has 0 spiro atoms. The maximum absolute atomic E-state index is 12.1. The highest BCUT2D eigenvalue weighted by Gasteiger charge is 2.20. The normalized spacial score (nSPS) is 11.3. The molecule has 0 fully saturated rings. The molecule has 0 aliphatic heterocycles. The molecule has 0 heterocycles. The fourth-order valence-electron chi connectivity index (χ4n) is 1.35. The Bertz CT molecular complexity index is 577. The summed E-state index contributed by atoms with van der Waals surface area (Å²) in [5.41, 5.74) is 1.05. The molecule has 0 aliphatic carbocycles. The Labute approximate surface area is 107 Å². The van der Waals surface area contributed by atoms with Crippen molar-refractivity contribution in [2.24, 2.45) is 0 Å². The van der Waals surface area contributed by atoms with Gasteiger partial charge in [0.15, 0.2) is 0 Å². The van der Waals surface area contributed by atoms with Gasteiger partial charge in [-0.25, -0.2) is 12.7 Å². The van der Waals surface area contributed by atoms with E-state index < -0.39 is 10.0 Å². The predicted molar refractivity (Wildman–Crippen MR) is 70.9 cm³/mol. The van der Waals surface area contributed by atoms with Gasteiger partial charge in [-0.2, -0.15) is 0 Å². The molecule has 6 heteroatoms. The third-order valence-corrected chi connectivity index (χ3v) is 4.36. The summed E-state index contributed by atoms with van der Waals surface area (Å²) in [6, 6.07) is 4.73. The number of carbonyl (C=O) groups is 1. The molecule has 1 aromatic carbocycles. The van der Waals surface area contributed by atoms with Crippen LogP contribution in [0.1, 0.15) is 5.56 Å². The lowest BCUT2D eigenvalue weighted by Gasteiger charge is -2.14. The van der Waals surface area contributed by atoms with Crippen molar-refractivity contribution in [3.63, 3.8) is 0 Å². The Kier molecular flexibility index (Phi) is 4.26. The summed E-state index contributed by atoms with van der Waals surface area (Å²) >= 11 is 0. The summed E-state index contributed by atoms with van der Waals surface area (Å²) in [5, 5.41) is 2.53. The lowest BCUT2D eigenvalue weighted by Crippen LogP contribution is -2.23. The highest BCUT2D eigenvalue weighted by Crippen LogP contribution is 2.22. The van der Waals surface area contributed by atoms with Gasteiger partial charge in [-0.1, -0.05) is 12.6 Å². The monoisotopic (exact) mass is 268 g/mol. The number of benzene rings is 1. The smallest absolute Gasteiger partial charge is 0.247 e. The molecule has 5 nitrogen and oxygen atoms in total. The van der Waals surface area contributed by atoms with E-state index in [2.05, 4.69) is 11.9 Å². The van der Waals surface area contributed by atoms with E-state index in [0.29, 0.717) is 11.3 Å². The maximum Gasteiger partial charge on any atom is 0.247 e. The number of amides is 1. The van der Waals surface area contributed by atoms with Crippen LogP contribution in [0.4, 0.5) is 5.69 Å². The number of nitrogens with one attached hydrogen (secondary N) is 1. The van der Waals surface area contributed by atoms with Crippen LogP contribution in [0.3, 0.4) is 0 Å². The van der Waals surface area contributed by atoms with Gasteiger partial charge < -0.3 is 5.32 Å². The van der Waals surface area contributed by atoms with Crippen molar-refractivity contribution in [3.8, 4) is 0 Å². The first-order valence-electron chi connectivity index (χ1n) is 5.25. The molecule has 0 saturated heterocycles. The zero-order valence-corrected chi connectivity index (χ0v) is 11.4. The van der Waals surface area contributed by atoms with E-state index in [1.807, 2.05) is 0 Å². The summed E-state index contributed by atoms with van der Waals surface area (Å²) in [5.74, 6) is -0.382. The van der Waals surface area contributed by atoms with E-state index in [9.17, 15) is 13.2 Å². The lowest BCUT2D eigenvalue weighted by molar-refractivity contribution is -0.111. The van der Waals surface area contributed by atoms with Crippen molar-refractivity contribution in [3.05, 3.63) is 36.4 Å². The molecular formula is C12H16N2O3S. The number of anilines is 1. The Morgan fingerprint density at radius 1 is 1.39 bits per heavy atom. The minimum absolute atomic E-state index is 0.175. The Balaban J connectivity index is 3.25. The van der Waals surface area contributed by atoms with Crippen molar-refractivity contribution < 1.29 is 13.2 Å². The van der Waals surface area contributed by atoms with Crippen LogP contribution < -0.4 is 5.32 Å². The molecule has 0 aromatic heterocycles. The third-order valence-electron chi connectivity index (χ3n) is 2.40. The van der Waals surface area contributed by atoms with Gasteiger partial charge in [-0.15, -0.1) is 0 Å². The second kappa shape index (κ2) is 5.32. The zero-order chi connectivity index (χ0) is 13.9. The van der Waals surface area contributed by atoms with E-state index in [1.165, 1.54) is 20.2 Å². The summed E-state index contributed by atoms with van der Waals surface area (Å²) in [4.78, 5) is 11.3. The zero-order valence-electron chi connectivity index (χ0n) is 10.6. The summed E-state index contributed by atoms with van der Waals surface area (Å²) in [6.45, 7) is 5.04. The quantitative estimate of drug-likeness (QED) is 0.839. The fourth-order valence-corrected chi connectivity index (χ4v) is 2.49. The van der Waals surface area contributed by atoms with Crippen LogP contribution in [-0.4, -0.2) is 32.7 Å². The van der Waals surface area contributed by atoms with Crippen molar-refractivity contribution in [2.45, 2.75) is 11.8 Å². The van der Waals surface area contributed by atoms with E-state index >= 15 is 0 Å². The highest BCUT2D eigenvalue weighted by atomic mass is 32.2. The first-order valence-corrected chi connectivity index (χ1v) is 6.69. The van der Waals surface area contributed by atoms with E-state index in [4.69, 9.17) is 0 Å². The molecule has 1 aromatic rings. The molecule has 18 heavy (non-hydrogen) atoms. The summed E-state index contributed by atoms with van der Waals surface area (Å²) in [7, 11) is -0.592. The van der Waals surface area contributed by atoms with Gasteiger partial charge in [0, 0.05) is 19.8 Å². The van der Waals surface area contributed by atoms with Crippen LogP contribution in [0.25, 0.3) is 0 Å². The molecule has 0 atom stereocenters. The summed E-state index contributed by atoms with van der Waals surface area (Å²) in [6.07, 6.45) is 1.12. The van der Waals surface area contributed by atoms with Crippen LogP contribution >= 0.6 is 0 Å². The van der Waals surface area contributed by atoms with Gasteiger partial charge in [0.25, 0.3) is 0 Å². The molecule has 0 bridgehead atoms. The van der Waals surface area contributed by atoms with Gasteiger partial charge in [0.05, 0.1) is 4.90 Å². The minimum atomic E-state index is -3.52. The van der Waals surface area contributed by atoms with Crippen LogP contribution in [-0.2, 0) is 14.8 Å². The minimum Gasteiger partial charge on any atom is -0.322 e. The van der Waals surface area contributed by atoms with Crippen LogP contribution in [0, 0.1) is 6.92 Å². The van der Waals surface area contributed by atoms with E-state index in [0.717, 1.165) is 10.4 Å². The Morgan fingerprint density at radius 2 is 2.00 bits per heavy atom. The van der Waals surface area contributed by atoms with Gasteiger partial charge in [-0.3, -0.25) is 4.79 Å². The van der Waals surface area contributed by atoms with Crippen LogP contribution in [0.5, 0.6) is 0 Å². The molecule has 0 saturated carbocycles. The molecule has 1 rings (SSSR count). The number of nitrogens with zero attached hydrogens (tertiary/aromatic N) is 1. The largest absolute Gasteiger partial charge is 0.322 e. The average molecular weight is 268 g/mol. The molecule has 0 unspecified atom stereocenters. The summed E-state index contributed by atoms with van der Waals surface area (Å²) < 4.78 is 25.2. The van der Waals surface area contributed by atoms with Crippen molar-refractivity contribution >= 4 is 21.6 Å².